The molecule has 1 amide bonds. The van der Waals surface area contributed by atoms with Crippen molar-refractivity contribution in [2.75, 3.05) is 46.4 Å². The van der Waals surface area contributed by atoms with Crippen LogP contribution in [0, 0.1) is 12.3 Å². The Morgan fingerprint density at radius 2 is 2.14 bits per heavy atom. The highest BCUT2D eigenvalue weighted by atomic mass is 16.5. The zero-order valence-electron chi connectivity index (χ0n) is 13.4. The second-order valence-electron chi connectivity index (χ2n) is 6.66. The van der Waals surface area contributed by atoms with Gasteiger partial charge in [0.25, 0.3) is 5.91 Å². The Morgan fingerprint density at radius 3 is 2.91 bits per heavy atom. The number of aromatic nitrogens is 2. The predicted molar refractivity (Wildman–Crippen MR) is 82.7 cm³/mol. The molecular weight excluding hydrogens is 280 g/mol. The molecule has 3 heterocycles. The molecule has 0 saturated carbocycles. The summed E-state index contributed by atoms with van der Waals surface area (Å²) < 4.78 is 5.80. The first-order valence-electron chi connectivity index (χ1n) is 7.92. The third-order valence-corrected chi connectivity index (χ3v) is 4.58. The van der Waals surface area contributed by atoms with E-state index in [9.17, 15) is 4.79 Å². The minimum Gasteiger partial charge on any atom is -0.379 e. The van der Waals surface area contributed by atoms with Crippen LogP contribution in [-0.2, 0) is 4.74 Å². The summed E-state index contributed by atoms with van der Waals surface area (Å²) in [6.45, 7) is 6.85. The van der Waals surface area contributed by atoms with E-state index in [-0.39, 0.29) is 11.3 Å². The van der Waals surface area contributed by atoms with Crippen molar-refractivity contribution in [3.05, 3.63) is 23.8 Å². The fourth-order valence-corrected chi connectivity index (χ4v) is 3.50. The monoisotopic (exact) mass is 304 g/mol. The summed E-state index contributed by atoms with van der Waals surface area (Å²) in [4.78, 5) is 25.3. The zero-order valence-corrected chi connectivity index (χ0v) is 13.4. The van der Waals surface area contributed by atoms with Gasteiger partial charge in [-0.3, -0.25) is 9.78 Å². The molecule has 2 aliphatic rings. The number of likely N-dealkylation sites (tertiary alicyclic amines) is 1. The quantitative estimate of drug-likeness (QED) is 0.774. The number of nitrogens with zero attached hydrogens (tertiary/aromatic N) is 4. The van der Waals surface area contributed by atoms with Gasteiger partial charge in [0.05, 0.1) is 25.1 Å². The molecule has 22 heavy (non-hydrogen) atoms. The molecule has 1 aromatic rings. The fraction of sp³-hybridized carbons (Fsp3) is 0.688. The molecule has 0 N–H and O–H groups in total. The molecule has 0 bridgehead atoms. The van der Waals surface area contributed by atoms with E-state index in [1.165, 1.54) is 0 Å². The first kappa shape index (κ1) is 15.4. The minimum absolute atomic E-state index is 0.0153. The van der Waals surface area contributed by atoms with Gasteiger partial charge in [0.2, 0.25) is 0 Å². The summed E-state index contributed by atoms with van der Waals surface area (Å²) in [6, 6.07) is 0. The highest BCUT2D eigenvalue weighted by Crippen LogP contribution is 2.33. The highest BCUT2D eigenvalue weighted by molar-refractivity contribution is 5.92. The van der Waals surface area contributed by atoms with E-state index in [2.05, 4.69) is 21.9 Å². The van der Waals surface area contributed by atoms with Gasteiger partial charge >= 0.3 is 0 Å². The lowest BCUT2D eigenvalue weighted by molar-refractivity contribution is 0.00835. The number of hydrogen-bond donors (Lipinski definition) is 0. The van der Waals surface area contributed by atoms with Gasteiger partial charge in [-0.15, -0.1) is 0 Å². The molecule has 3 rings (SSSR count). The normalized spacial score (nSPS) is 26.9. The maximum Gasteiger partial charge on any atom is 0.274 e. The van der Waals surface area contributed by atoms with E-state index < -0.39 is 0 Å². The van der Waals surface area contributed by atoms with Crippen molar-refractivity contribution in [3.8, 4) is 0 Å². The smallest absolute Gasteiger partial charge is 0.274 e. The molecule has 0 aromatic carbocycles. The molecule has 6 heteroatoms. The van der Waals surface area contributed by atoms with Crippen LogP contribution in [0.5, 0.6) is 0 Å². The Hall–Kier alpha value is -1.53. The molecule has 0 radical (unpaired) electrons. The average molecular weight is 304 g/mol. The standard InChI is InChI=1S/C16H24N4O2/c1-13-8-18-14(9-17-13)15(21)20-5-3-4-16(11-20)10-19(2)6-7-22-12-16/h8-9H,3-7,10-12H2,1-2H3/t16-/m1/s1. The van der Waals surface area contributed by atoms with Crippen LogP contribution in [0.25, 0.3) is 0 Å². The number of likely N-dealkylation sites (N-methyl/N-ethyl adjacent to an activating group) is 1. The van der Waals surface area contributed by atoms with Gasteiger partial charge in [0, 0.05) is 37.8 Å². The summed E-state index contributed by atoms with van der Waals surface area (Å²) >= 11 is 0. The van der Waals surface area contributed by atoms with Gasteiger partial charge in [-0.25, -0.2) is 4.98 Å². The van der Waals surface area contributed by atoms with Crippen LogP contribution in [0.15, 0.2) is 12.4 Å². The fourth-order valence-electron chi connectivity index (χ4n) is 3.50. The van der Waals surface area contributed by atoms with Gasteiger partial charge < -0.3 is 14.5 Å². The average Bonchev–Trinajstić information content (AvgIpc) is 2.69. The zero-order chi connectivity index (χ0) is 15.6. The van der Waals surface area contributed by atoms with Crippen LogP contribution in [0.2, 0.25) is 0 Å². The lowest BCUT2D eigenvalue weighted by atomic mass is 9.80. The van der Waals surface area contributed by atoms with E-state index in [0.29, 0.717) is 5.69 Å². The van der Waals surface area contributed by atoms with E-state index in [1.807, 2.05) is 11.8 Å². The number of ether oxygens (including phenoxy) is 1. The largest absolute Gasteiger partial charge is 0.379 e. The summed E-state index contributed by atoms with van der Waals surface area (Å²) in [5.74, 6) is -0.0153. The minimum atomic E-state index is -0.0153. The lowest BCUT2D eigenvalue weighted by Crippen LogP contribution is -2.51. The van der Waals surface area contributed by atoms with E-state index in [4.69, 9.17) is 4.74 Å². The maximum atomic E-state index is 12.7. The van der Waals surface area contributed by atoms with Crippen molar-refractivity contribution in [2.24, 2.45) is 5.41 Å². The van der Waals surface area contributed by atoms with Gasteiger partial charge in [0.15, 0.2) is 0 Å². The summed E-state index contributed by atoms with van der Waals surface area (Å²) in [7, 11) is 2.13. The Bertz CT molecular complexity index is 533. The van der Waals surface area contributed by atoms with Crippen molar-refractivity contribution in [1.82, 2.24) is 19.8 Å². The predicted octanol–water partition coefficient (Wildman–Crippen LogP) is 0.969. The third kappa shape index (κ3) is 3.28. The summed E-state index contributed by atoms with van der Waals surface area (Å²) in [5.41, 5.74) is 1.31. The van der Waals surface area contributed by atoms with Crippen molar-refractivity contribution < 1.29 is 9.53 Å². The van der Waals surface area contributed by atoms with Crippen LogP contribution in [0.4, 0.5) is 0 Å². The summed E-state index contributed by atoms with van der Waals surface area (Å²) in [5, 5.41) is 0. The van der Waals surface area contributed by atoms with E-state index in [1.54, 1.807) is 12.4 Å². The van der Waals surface area contributed by atoms with Crippen LogP contribution >= 0.6 is 0 Å². The molecule has 2 aliphatic heterocycles. The Morgan fingerprint density at radius 1 is 1.27 bits per heavy atom. The first-order chi connectivity index (χ1) is 10.6. The SMILES string of the molecule is Cc1cnc(C(=O)N2CCC[C@]3(COCCN(C)C3)C2)cn1. The Balaban J connectivity index is 1.74. The van der Waals surface area contributed by atoms with Crippen molar-refractivity contribution in [1.29, 1.82) is 0 Å². The van der Waals surface area contributed by atoms with E-state index in [0.717, 1.165) is 57.9 Å². The number of hydrogen-bond acceptors (Lipinski definition) is 5. The topological polar surface area (TPSA) is 58.6 Å². The van der Waals surface area contributed by atoms with Gasteiger partial charge in [-0.1, -0.05) is 0 Å². The van der Waals surface area contributed by atoms with Gasteiger partial charge in [0.1, 0.15) is 5.69 Å². The molecule has 0 aliphatic carbocycles. The Labute approximate surface area is 131 Å². The molecule has 1 aromatic heterocycles. The molecule has 2 fully saturated rings. The van der Waals surface area contributed by atoms with Crippen LogP contribution in [0.1, 0.15) is 29.0 Å². The van der Waals surface area contributed by atoms with Crippen molar-refractivity contribution >= 4 is 5.91 Å². The molecular formula is C16H24N4O2. The lowest BCUT2D eigenvalue weighted by Gasteiger charge is -2.43. The maximum absolute atomic E-state index is 12.7. The highest BCUT2D eigenvalue weighted by Gasteiger charge is 2.39. The second-order valence-corrected chi connectivity index (χ2v) is 6.66. The molecule has 6 nitrogen and oxygen atoms in total. The van der Waals surface area contributed by atoms with Crippen molar-refractivity contribution in [3.63, 3.8) is 0 Å². The van der Waals surface area contributed by atoms with Gasteiger partial charge in [-0.05, 0) is 26.8 Å². The van der Waals surface area contributed by atoms with Crippen LogP contribution < -0.4 is 0 Å². The first-order valence-corrected chi connectivity index (χ1v) is 7.92. The number of aryl methyl sites for hydroxylation is 1. The van der Waals surface area contributed by atoms with Gasteiger partial charge in [-0.2, -0.15) is 0 Å². The summed E-state index contributed by atoms with van der Waals surface area (Å²) in [6.07, 6.45) is 5.35. The second kappa shape index (κ2) is 6.30. The number of carbonyl (C=O) groups excluding carboxylic acids is 1. The molecule has 120 valence electrons. The molecule has 1 spiro atoms. The van der Waals surface area contributed by atoms with E-state index >= 15 is 0 Å². The van der Waals surface area contributed by atoms with Crippen molar-refractivity contribution in [2.45, 2.75) is 19.8 Å². The number of carbonyl (C=O) groups is 1. The molecule has 2 saturated heterocycles. The Kier molecular flexibility index (Phi) is 4.40. The van der Waals surface area contributed by atoms with Crippen LogP contribution in [0.3, 0.4) is 0 Å². The van der Waals surface area contributed by atoms with Crippen LogP contribution in [-0.4, -0.2) is 72.1 Å². The molecule has 1 atom stereocenters. The number of piperidine rings is 1. The number of amides is 1. The number of rotatable bonds is 1. The molecule has 0 unspecified atom stereocenters. The third-order valence-electron chi connectivity index (χ3n) is 4.58.